The number of pyridine rings is 1. The summed E-state index contributed by atoms with van der Waals surface area (Å²) in [5.41, 5.74) is 3.57. The number of rotatable bonds is 10. The van der Waals surface area contributed by atoms with Crippen molar-refractivity contribution in [2.45, 2.75) is 70.7 Å². The Balaban J connectivity index is 1.58. The van der Waals surface area contributed by atoms with E-state index in [9.17, 15) is 23.5 Å². The van der Waals surface area contributed by atoms with Gasteiger partial charge in [-0.05, 0) is 56.2 Å². The number of likely N-dealkylation sites (N-methyl/N-ethyl adjacent to an activating group) is 1. The first kappa shape index (κ1) is 30.6. The summed E-state index contributed by atoms with van der Waals surface area (Å²) >= 11 is 0. The van der Waals surface area contributed by atoms with Crippen LogP contribution in [0, 0.1) is 11.3 Å². The van der Waals surface area contributed by atoms with Crippen LogP contribution >= 0.6 is 0 Å². The van der Waals surface area contributed by atoms with E-state index in [1.54, 1.807) is 18.2 Å². The second-order valence-electron chi connectivity index (χ2n) is 10.6. The molecule has 41 heavy (non-hydrogen) atoms. The average Bonchev–Trinajstić information content (AvgIpc) is 2.95. The molecule has 8 nitrogen and oxygen atoms in total. The van der Waals surface area contributed by atoms with Crippen molar-refractivity contribution in [1.82, 2.24) is 14.8 Å². The molecule has 1 N–H and O–H groups in total. The Morgan fingerprint density at radius 1 is 1.15 bits per heavy atom. The van der Waals surface area contributed by atoms with Gasteiger partial charge in [0, 0.05) is 38.8 Å². The number of benzene rings is 1. The van der Waals surface area contributed by atoms with Crippen molar-refractivity contribution in [2.24, 2.45) is 0 Å². The summed E-state index contributed by atoms with van der Waals surface area (Å²) < 4.78 is 48.1. The van der Waals surface area contributed by atoms with E-state index < -0.39 is 6.36 Å². The van der Waals surface area contributed by atoms with Crippen LogP contribution in [0.4, 0.5) is 18.9 Å². The van der Waals surface area contributed by atoms with E-state index in [-0.39, 0.29) is 36.7 Å². The fraction of sp³-hybridized carbons (Fsp3) is 0.533. The summed E-state index contributed by atoms with van der Waals surface area (Å²) in [5.74, 6) is -0.270. The van der Waals surface area contributed by atoms with Crippen molar-refractivity contribution >= 4 is 11.4 Å². The molecule has 1 aromatic heterocycles. The SMILES string of the molecule is CCCCCOC1C=C(N2C[C@H](CO)N(C(C)c3ccc(OC(F)(F)F)cc3)C[C@H]2C)c2nc(C#N)ccc2N1C. The summed E-state index contributed by atoms with van der Waals surface area (Å²) in [4.78, 5) is 11.1. The van der Waals surface area contributed by atoms with E-state index in [1.165, 1.54) is 12.1 Å². The van der Waals surface area contributed by atoms with E-state index in [0.717, 1.165) is 36.2 Å². The van der Waals surface area contributed by atoms with Gasteiger partial charge in [0.05, 0.1) is 24.0 Å². The quantitative estimate of drug-likeness (QED) is 0.383. The Morgan fingerprint density at radius 3 is 2.51 bits per heavy atom. The molecular formula is C30H38F3N5O3. The summed E-state index contributed by atoms with van der Waals surface area (Å²) in [7, 11) is 1.95. The number of ether oxygens (including phenoxy) is 2. The Kier molecular flexibility index (Phi) is 9.79. The Morgan fingerprint density at radius 2 is 1.88 bits per heavy atom. The number of aromatic nitrogens is 1. The molecule has 222 valence electrons. The van der Waals surface area contributed by atoms with Crippen molar-refractivity contribution in [1.29, 1.82) is 5.26 Å². The first-order valence-electron chi connectivity index (χ1n) is 14.0. The van der Waals surface area contributed by atoms with Crippen molar-refractivity contribution < 1.29 is 27.8 Å². The second-order valence-corrected chi connectivity index (χ2v) is 10.6. The van der Waals surface area contributed by atoms with Crippen LogP contribution in [-0.4, -0.2) is 77.9 Å². The van der Waals surface area contributed by atoms with Crippen molar-refractivity contribution in [2.75, 3.05) is 38.3 Å². The smallest absolute Gasteiger partial charge is 0.406 e. The third-order valence-corrected chi connectivity index (χ3v) is 7.83. The Bertz CT molecular complexity index is 1250. The van der Waals surface area contributed by atoms with Gasteiger partial charge in [-0.1, -0.05) is 31.9 Å². The largest absolute Gasteiger partial charge is 0.573 e. The highest BCUT2D eigenvalue weighted by atomic mass is 19.4. The highest BCUT2D eigenvalue weighted by Crippen LogP contribution is 2.38. The van der Waals surface area contributed by atoms with Gasteiger partial charge in [-0.15, -0.1) is 13.2 Å². The molecule has 3 heterocycles. The lowest BCUT2D eigenvalue weighted by atomic mass is 9.98. The van der Waals surface area contributed by atoms with Crippen LogP contribution in [0.15, 0.2) is 42.5 Å². The highest BCUT2D eigenvalue weighted by Gasteiger charge is 2.38. The molecule has 1 saturated heterocycles. The summed E-state index contributed by atoms with van der Waals surface area (Å²) in [6, 6.07) is 11.2. The van der Waals surface area contributed by atoms with E-state index in [2.05, 4.69) is 39.4 Å². The number of aliphatic hydroxyl groups is 1. The average molecular weight is 574 g/mol. The van der Waals surface area contributed by atoms with Gasteiger partial charge in [0.2, 0.25) is 0 Å². The highest BCUT2D eigenvalue weighted by molar-refractivity contribution is 5.77. The number of nitriles is 1. The molecule has 0 spiro atoms. The predicted octanol–water partition coefficient (Wildman–Crippen LogP) is 5.30. The fourth-order valence-electron chi connectivity index (χ4n) is 5.57. The minimum Gasteiger partial charge on any atom is -0.406 e. The number of hydrogen-bond acceptors (Lipinski definition) is 8. The first-order valence-corrected chi connectivity index (χ1v) is 14.0. The number of nitrogens with zero attached hydrogens (tertiary/aromatic N) is 5. The van der Waals surface area contributed by atoms with Crippen molar-refractivity contribution in [3.05, 3.63) is 59.4 Å². The van der Waals surface area contributed by atoms with Gasteiger partial charge < -0.3 is 24.4 Å². The predicted molar refractivity (Wildman–Crippen MR) is 150 cm³/mol. The summed E-state index contributed by atoms with van der Waals surface area (Å²) in [6.45, 7) is 7.83. The minimum atomic E-state index is -4.75. The molecule has 2 unspecified atom stereocenters. The zero-order valence-corrected chi connectivity index (χ0v) is 23.9. The number of hydrogen-bond donors (Lipinski definition) is 1. The number of fused-ring (bicyclic) bond motifs is 1. The Hall–Kier alpha value is -3.33. The van der Waals surface area contributed by atoms with Gasteiger partial charge in [0.15, 0.2) is 6.23 Å². The number of aliphatic hydroxyl groups excluding tert-OH is 1. The molecular weight excluding hydrogens is 535 g/mol. The molecule has 1 fully saturated rings. The summed E-state index contributed by atoms with van der Waals surface area (Å²) in [6.07, 6.45) is 0.146. The van der Waals surface area contributed by atoms with Crippen LogP contribution in [0.3, 0.4) is 0 Å². The van der Waals surface area contributed by atoms with Gasteiger partial charge in [0.25, 0.3) is 0 Å². The molecule has 2 aliphatic rings. The van der Waals surface area contributed by atoms with E-state index in [4.69, 9.17) is 4.74 Å². The van der Waals surface area contributed by atoms with Gasteiger partial charge in [0.1, 0.15) is 23.2 Å². The lowest BCUT2D eigenvalue weighted by Gasteiger charge is -2.50. The molecule has 2 aliphatic heterocycles. The Labute approximate surface area is 239 Å². The fourth-order valence-corrected chi connectivity index (χ4v) is 5.57. The topological polar surface area (TPSA) is 85.1 Å². The maximum atomic E-state index is 12.6. The van der Waals surface area contributed by atoms with E-state index in [1.807, 2.05) is 31.0 Å². The van der Waals surface area contributed by atoms with Crippen molar-refractivity contribution in [3.63, 3.8) is 0 Å². The molecule has 0 aliphatic carbocycles. The lowest BCUT2D eigenvalue weighted by Crippen LogP contribution is -2.58. The second kappa shape index (κ2) is 13.1. The van der Waals surface area contributed by atoms with Gasteiger partial charge in [-0.3, -0.25) is 4.90 Å². The van der Waals surface area contributed by atoms with Gasteiger partial charge in [-0.25, -0.2) is 4.98 Å². The lowest BCUT2D eigenvalue weighted by molar-refractivity contribution is -0.274. The zero-order valence-electron chi connectivity index (χ0n) is 23.9. The van der Waals surface area contributed by atoms with Gasteiger partial charge >= 0.3 is 6.36 Å². The molecule has 2 aromatic rings. The van der Waals surface area contributed by atoms with Crippen LogP contribution in [0.1, 0.15) is 63.0 Å². The van der Waals surface area contributed by atoms with Crippen molar-refractivity contribution in [3.8, 4) is 11.8 Å². The zero-order chi connectivity index (χ0) is 29.7. The summed E-state index contributed by atoms with van der Waals surface area (Å²) in [5, 5.41) is 20.0. The number of piperazine rings is 1. The first-order chi connectivity index (χ1) is 19.6. The molecule has 0 radical (unpaired) electrons. The maximum absolute atomic E-state index is 12.6. The monoisotopic (exact) mass is 573 g/mol. The molecule has 0 bridgehead atoms. The normalized spacial score (nSPS) is 22.1. The number of anilines is 1. The molecule has 11 heteroatoms. The number of unbranched alkanes of at least 4 members (excludes halogenated alkanes) is 2. The molecule has 0 amide bonds. The molecule has 1 aromatic carbocycles. The third kappa shape index (κ3) is 7.12. The van der Waals surface area contributed by atoms with Crippen LogP contribution in [0.2, 0.25) is 0 Å². The molecule has 0 saturated carbocycles. The maximum Gasteiger partial charge on any atom is 0.573 e. The van der Waals surface area contributed by atoms with Crippen LogP contribution in [0.5, 0.6) is 5.75 Å². The minimum absolute atomic E-state index is 0.00359. The van der Waals surface area contributed by atoms with E-state index >= 15 is 0 Å². The molecule has 4 atom stereocenters. The standard InChI is InChI=1S/C30H38F3N5O3/c1-5-6-7-14-40-28-15-27(29-26(36(28)4)13-10-23(16-34)35-29)37-18-24(19-39)38(17-20(37)2)21(3)22-8-11-25(12-9-22)41-30(31,32)33/h8-13,15,20-21,24,28,39H,5-7,14,17-19H2,1-4H3/t20-,21?,24-,28?/m1/s1. The number of halogens is 3. The third-order valence-electron chi connectivity index (χ3n) is 7.83. The number of alkyl halides is 3. The molecule has 4 rings (SSSR count). The van der Waals surface area contributed by atoms with Crippen LogP contribution < -0.4 is 9.64 Å². The van der Waals surface area contributed by atoms with Gasteiger partial charge in [-0.2, -0.15) is 5.26 Å². The van der Waals surface area contributed by atoms with Crippen LogP contribution in [-0.2, 0) is 4.74 Å². The van der Waals surface area contributed by atoms with E-state index in [0.29, 0.717) is 31.1 Å². The van der Waals surface area contributed by atoms with Crippen LogP contribution in [0.25, 0.3) is 5.70 Å².